The molecule has 0 saturated carbocycles. The predicted octanol–water partition coefficient (Wildman–Crippen LogP) is 12.7. The second-order valence-electron chi connectivity index (χ2n) is 18.9. The van der Waals surface area contributed by atoms with Crippen LogP contribution < -0.4 is 14.3 Å². The highest BCUT2D eigenvalue weighted by molar-refractivity contribution is 6.89. The number of benzene rings is 7. The van der Waals surface area contributed by atoms with Crippen LogP contribution in [0.2, 0.25) is 19.6 Å². The number of furan rings is 1. The summed E-state index contributed by atoms with van der Waals surface area (Å²) in [5.41, 5.74) is 18.2. The van der Waals surface area contributed by atoms with Crippen molar-refractivity contribution in [2.45, 2.75) is 52.5 Å². The number of para-hydroxylation sites is 3. The first kappa shape index (κ1) is 37.0. The standard InChI is InChI=1S/C57H49N3OSi/c1-36(2)31-41-34-50-45-32-37(3)25-29-46(45)57(58(50)35-53(41)62(4,5)6)47-30-28-44-43-21-13-16-24-52(43)61-55(44)54(47)56-59(48-22-14-15-23-49(48)60(56)57)51-33-40(38-17-9-7-10-18-38)26-27-42(51)39-19-11-8-12-20-39/h7-30,32-36H,31H2,1-6H3/q+2. The maximum absolute atomic E-state index is 7.16. The van der Waals surface area contributed by atoms with Crippen LogP contribution in [0, 0.1) is 12.8 Å². The van der Waals surface area contributed by atoms with Crippen LogP contribution in [0.3, 0.4) is 0 Å². The molecular weight excluding hydrogens is 771 g/mol. The van der Waals surface area contributed by atoms with Crippen molar-refractivity contribution >= 4 is 46.2 Å². The Bertz CT molecular complexity index is 3460. The van der Waals surface area contributed by atoms with Crippen LogP contribution in [0.15, 0.2) is 174 Å². The van der Waals surface area contributed by atoms with Gasteiger partial charge in [-0.1, -0.05) is 142 Å². The van der Waals surface area contributed by atoms with E-state index in [1.54, 1.807) is 0 Å². The molecule has 2 aliphatic heterocycles. The van der Waals surface area contributed by atoms with Gasteiger partial charge in [0, 0.05) is 27.6 Å². The average molecular weight is 820 g/mol. The third-order valence-electron chi connectivity index (χ3n) is 13.5. The Kier molecular flexibility index (Phi) is 7.95. The van der Waals surface area contributed by atoms with Gasteiger partial charge in [0.15, 0.2) is 22.8 Å². The number of nitrogens with zero attached hydrogens (tertiary/aromatic N) is 3. The molecule has 0 amide bonds. The van der Waals surface area contributed by atoms with E-state index in [0.29, 0.717) is 5.92 Å². The summed E-state index contributed by atoms with van der Waals surface area (Å²) >= 11 is 0. The normalized spacial score (nSPS) is 15.2. The van der Waals surface area contributed by atoms with E-state index in [9.17, 15) is 0 Å². The fourth-order valence-electron chi connectivity index (χ4n) is 10.9. The van der Waals surface area contributed by atoms with E-state index in [0.717, 1.165) is 51.0 Å². The molecule has 1 atom stereocenters. The topological polar surface area (TPSA) is 25.8 Å². The number of imidazole rings is 1. The summed E-state index contributed by atoms with van der Waals surface area (Å²) < 4.78 is 15.1. The van der Waals surface area contributed by atoms with Crippen molar-refractivity contribution in [3.8, 4) is 50.6 Å². The molecule has 1 unspecified atom stereocenters. The van der Waals surface area contributed by atoms with Crippen molar-refractivity contribution in [1.82, 2.24) is 4.57 Å². The highest BCUT2D eigenvalue weighted by Crippen LogP contribution is 2.53. The number of pyridine rings is 1. The zero-order chi connectivity index (χ0) is 42.1. The summed E-state index contributed by atoms with van der Waals surface area (Å²) in [7, 11) is -1.86. The lowest BCUT2D eigenvalue weighted by molar-refractivity contribution is -0.944. The van der Waals surface area contributed by atoms with E-state index < -0.39 is 13.7 Å². The Hall–Kier alpha value is -6.82. The second kappa shape index (κ2) is 13.3. The van der Waals surface area contributed by atoms with E-state index in [1.165, 1.54) is 66.5 Å². The Morgan fingerprint density at radius 2 is 1.35 bits per heavy atom. The van der Waals surface area contributed by atoms with Gasteiger partial charge >= 0.3 is 11.5 Å². The minimum Gasteiger partial charge on any atom is -0.455 e. The average Bonchev–Trinajstić information content (AvgIpc) is 3.99. The number of hydrogen-bond donors (Lipinski definition) is 0. The predicted molar refractivity (Wildman–Crippen MR) is 257 cm³/mol. The van der Waals surface area contributed by atoms with E-state index in [1.807, 2.05) is 0 Å². The summed E-state index contributed by atoms with van der Waals surface area (Å²) in [6.45, 7) is 14.5. The van der Waals surface area contributed by atoms with Crippen LogP contribution in [0.5, 0.6) is 0 Å². The molecule has 10 aromatic rings. The fourth-order valence-corrected chi connectivity index (χ4v) is 12.6. The van der Waals surface area contributed by atoms with Crippen LogP contribution >= 0.6 is 0 Å². The summed E-state index contributed by atoms with van der Waals surface area (Å²) in [4.78, 5) is 0. The Morgan fingerprint density at radius 3 is 2.13 bits per heavy atom. The van der Waals surface area contributed by atoms with Crippen LogP contribution in [-0.4, -0.2) is 12.6 Å². The highest BCUT2D eigenvalue weighted by atomic mass is 28.3. The number of hydrogen-bond acceptors (Lipinski definition) is 1. The molecule has 62 heavy (non-hydrogen) atoms. The molecule has 3 aromatic heterocycles. The molecule has 0 bridgehead atoms. The maximum atomic E-state index is 7.16. The van der Waals surface area contributed by atoms with Crippen molar-refractivity contribution in [1.29, 1.82) is 0 Å². The summed E-state index contributed by atoms with van der Waals surface area (Å²) in [6, 6.07) is 60.7. The highest BCUT2D eigenvalue weighted by Gasteiger charge is 2.67. The summed E-state index contributed by atoms with van der Waals surface area (Å²) in [6.07, 6.45) is 3.64. The molecule has 4 nitrogen and oxygen atoms in total. The quantitative estimate of drug-likeness (QED) is 0.121. The largest absolute Gasteiger partial charge is 0.455 e. The third kappa shape index (κ3) is 5.12. The molecular formula is C57H49N3OSi+2. The molecule has 12 rings (SSSR count). The Morgan fingerprint density at radius 1 is 0.645 bits per heavy atom. The smallest absolute Gasteiger partial charge is 0.364 e. The van der Waals surface area contributed by atoms with Crippen molar-refractivity contribution in [2.75, 3.05) is 0 Å². The molecule has 300 valence electrons. The molecule has 0 N–H and O–H groups in total. The molecule has 2 aliphatic rings. The van der Waals surface area contributed by atoms with Gasteiger partial charge in [-0.3, -0.25) is 0 Å². The molecule has 1 spiro atoms. The van der Waals surface area contributed by atoms with Gasteiger partial charge in [0.25, 0.3) is 0 Å². The molecule has 5 heteroatoms. The second-order valence-corrected chi connectivity index (χ2v) is 24.0. The number of aromatic nitrogens is 3. The van der Waals surface area contributed by atoms with Gasteiger partial charge in [0.2, 0.25) is 5.69 Å². The van der Waals surface area contributed by atoms with Gasteiger partial charge in [-0.2, -0.15) is 4.57 Å². The Balaban J connectivity index is 1.31. The summed E-state index contributed by atoms with van der Waals surface area (Å²) in [5.74, 6) is 1.65. The van der Waals surface area contributed by atoms with Gasteiger partial charge in [0.05, 0.1) is 24.8 Å². The molecule has 0 aliphatic carbocycles. The maximum Gasteiger partial charge on any atom is 0.364 e. The van der Waals surface area contributed by atoms with Gasteiger partial charge < -0.3 is 4.42 Å². The van der Waals surface area contributed by atoms with Crippen LogP contribution in [-0.2, 0) is 12.1 Å². The number of fused-ring (bicyclic) bond motifs is 16. The number of aryl methyl sites for hydroxylation is 1. The minimum atomic E-state index is -1.86. The van der Waals surface area contributed by atoms with Gasteiger partial charge in [0.1, 0.15) is 16.8 Å². The van der Waals surface area contributed by atoms with Crippen LogP contribution in [0.25, 0.3) is 83.6 Å². The third-order valence-corrected chi connectivity index (χ3v) is 15.5. The first-order valence-corrected chi connectivity index (χ1v) is 25.6. The SMILES string of the molecule is Cc1ccc2c(c1)-c1cc(CC(C)C)c([Si](C)(C)C)c[n+]1C21c2ccc3c(oc4ccccc43)c2-c2n(-c3cc(-c4ccccc4)ccc3-c3ccccc3)c3ccccc3[n+]21. The fraction of sp³-hybridized carbons (Fsp3) is 0.158. The lowest BCUT2D eigenvalue weighted by Crippen LogP contribution is -2.72. The van der Waals surface area contributed by atoms with Crippen molar-refractivity contribution in [3.05, 3.63) is 192 Å². The zero-order valence-corrected chi connectivity index (χ0v) is 37.2. The molecule has 0 saturated heterocycles. The van der Waals surface area contributed by atoms with Crippen LogP contribution in [0.4, 0.5) is 0 Å². The molecule has 0 fully saturated rings. The lowest BCUT2D eigenvalue weighted by Gasteiger charge is -2.24. The molecule has 0 radical (unpaired) electrons. The molecule has 7 aromatic carbocycles. The lowest BCUT2D eigenvalue weighted by atomic mass is 9.88. The van der Waals surface area contributed by atoms with Crippen LogP contribution in [0.1, 0.15) is 36.1 Å². The van der Waals surface area contributed by atoms with E-state index in [2.05, 4.69) is 224 Å². The number of rotatable bonds is 6. The van der Waals surface area contributed by atoms with E-state index in [-0.39, 0.29) is 0 Å². The summed E-state index contributed by atoms with van der Waals surface area (Å²) in [5, 5.41) is 3.78. The van der Waals surface area contributed by atoms with Gasteiger partial charge in [-0.25, -0.2) is 0 Å². The Labute approximate surface area is 364 Å². The first-order chi connectivity index (χ1) is 30.1. The van der Waals surface area contributed by atoms with Gasteiger partial charge in [-0.05, 0) is 96.1 Å². The van der Waals surface area contributed by atoms with Gasteiger partial charge in [-0.15, -0.1) is 9.13 Å². The van der Waals surface area contributed by atoms with Crippen molar-refractivity contribution < 1.29 is 13.6 Å². The van der Waals surface area contributed by atoms with Crippen molar-refractivity contribution in [2.24, 2.45) is 5.92 Å². The van der Waals surface area contributed by atoms with Crippen molar-refractivity contribution in [3.63, 3.8) is 0 Å². The van der Waals surface area contributed by atoms with E-state index >= 15 is 0 Å². The monoisotopic (exact) mass is 819 g/mol. The van der Waals surface area contributed by atoms with E-state index in [4.69, 9.17) is 4.42 Å². The first-order valence-electron chi connectivity index (χ1n) is 22.1. The zero-order valence-electron chi connectivity index (χ0n) is 36.2. The molecule has 5 heterocycles. The minimum absolute atomic E-state index is 0.540.